The van der Waals surface area contributed by atoms with Crippen LogP contribution in [0.1, 0.15) is 5.56 Å². The third-order valence-electron chi connectivity index (χ3n) is 3.03. The van der Waals surface area contributed by atoms with E-state index < -0.39 is 5.92 Å². The summed E-state index contributed by atoms with van der Waals surface area (Å²) in [5, 5.41) is 11.9. The third-order valence-corrected chi connectivity index (χ3v) is 3.03. The molecule has 2 aromatic rings. The summed E-state index contributed by atoms with van der Waals surface area (Å²) in [6.45, 7) is 0. The van der Waals surface area contributed by atoms with Crippen LogP contribution in [0.25, 0.3) is 0 Å². The number of nitrogens with zero attached hydrogens (tertiary/aromatic N) is 2. The van der Waals surface area contributed by atoms with Crippen LogP contribution in [0.4, 0.5) is 5.69 Å². The van der Waals surface area contributed by atoms with Crippen molar-refractivity contribution in [3.63, 3.8) is 0 Å². The molecular formula is C16H15N3O2. The Labute approximate surface area is 123 Å². The second-order valence-corrected chi connectivity index (χ2v) is 4.43. The summed E-state index contributed by atoms with van der Waals surface area (Å²) in [7, 11) is 1.53. The number of hydrogen-bond donors (Lipinski definition) is 1. The highest BCUT2D eigenvalue weighted by Gasteiger charge is 2.19. The van der Waals surface area contributed by atoms with E-state index in [1.165, 1.54) is 7.11 Å². The van der Waals surface area contributed by atoms with Crippen molar-refractivity contribution in [3.05, 3.63) is 54.4 Å². The summed E-state index contributed by atoms with van der Waals surface area (Å²) in [5.41, 5.74) is 1.45. The summed E-state index contributed by atoms with van der Waals surface area (Å²) in [4.78, 5) is 16.1. The van der Waals surface area contributed by atoms with Gasteiger partial charge in [-0.1, -0.05) is 12.1 Å². The number of hydrogen-bond acceptors (Lipinski definition) is 4. The standard InChI is InChI=1S/C16H15N3O2/c1-21-15-5-3-2-4-14(15)19-16(20)13(11-17)10-12-6-8-18-9-7-12/h2-9,13H,10H2,1H3,(H,19,20)/t13-/m0/s1. The molecule has 0 unspecified atom stereocenters. The minimum Gasteiger partial charge on any atom is -0.495 e. The van der Waals surface area contributed by atoms with Crippen molar-refractivity contribution in [1.29, 1.82) is 5.26 Å². The number of anilines is 1. The highest BCUT2D eigenvalue weighted by molar-refractivity contribution is 5.95. The van der Waals surface area contributed by atoms with Crippen LogP contribution in [0, 0.1) is 17.2 Å². The summed E-state index contributed by atoms with van der Waals surface area (Å²) in [5.74, 6) is -0.553. The average Bonchev–Trinajstić information content (AvgIpc) is 2.54. The van der Waals surface area contributed by atoms with Gasteiger partial charge < -0.3 is 10.1 Å². The van der Waals surface area contributed by atoms with Crippen molar-refractivity contribution in [1.82, 2.24) is 4.98 Å². The molecule has 1 aromatic carbocycles. The normalized spacial score (nSPS) is 11.2. The first-order chi connectivity index (χ1) is 10.2. The van der Waals surface area contributed by atoms with Crippen LogP contribution in [0.3, 0.4) is 0 Å². The monoisotopic (exact) mass is 281 g/mol. The number of carbonyl (C=O) groups is 1. The predicted octanol–water partition coefficient (Wildman–Crippen LogP) is 2.41. The molecule has 0 bridgehead atoms. The lowest BCUT2D eigenvalue weighted by atomic mass is 10.0. The molecule has 1 N–H and O–H groups in total. The topological polar surface area (TPSA) is 75.0 Å². The van der Waals surface area contributed by atoms with Gasteiger partial charge in [0.2, 0.25) is 5.91 Å². The lowest BCUT2D eigenvalue weighted by Gasteiger charge is -2.12. The number of pyridine rings is 1. The van der Waals surface area contributed by atoms with Gasteiger partial charge in [-0.25, -0.2) is 0 Å². The number of benzene rings is 1. The van der Waals surface area contributed by atoms with Crippen molar-refractivity contribution >= 4 is 11.6 Å². The third kappa shape index (κ3) is 3.80. The molecule has 1 atom stereocenters. The van der Waals surface area contributed by atoms with Crippen LogP contribution in [-0.4, -0.2) is 18.0 Å². The number of para-hydroxylation sites is 2. The van der Waals surface area contributed by atoms with Gasteiger partial charge >= 0.3 is 0 Å². The van der Waals surface area contributed by atoms with E-state index >= 15 is 0 Å². The number of rotatable bonds is 5. The molecule has 5 heteroatoms. The molecule has 0 spiro atoms. The molecule has 0 aliphatic heterocycles. The van der Waals surface area contributed by atoms with Gasteiger partial charge in [-0.2, -0.15) is 5.26 Å². The number of nitriles is 1. The molecule has 5 nitrogen and oxygen atoms in total. The average molecular weight is 281 g/mol. The van der Waals surface area contributed by atoms with Crippen molar-refractivity contribution in [2.45, 2.75) is 6.42 Å². The smallest absolute Gasteiger partial charge is 0.242 e. The molecule has 0 radical (unpaired) electrons. The maximum absolute atomic E-state index is 12.2. The molecule has 0 saturated carbocycles. The van der Waals surface area contributed by atoms with Crippen LogP contribution < -0.4 is 10.1 Å². The number of ether oxygens (including phenoxy) is 1. The zero-order chi connectivity index (χ0) is 15.1. The molecule has 1 amide bonds. The number of aromatic nitrogens is 1. The summed E-state index contributed by atoms with van der Waals surface area (Å²) in [6.07, 6.45) is 3.63. The number of methoxy groups -OCH3 is 1. The Kier molecular flexibility index (Phi) is 4.89. The second kappa shape index (κ2) is 7.06. The first-order valence-corrected chi connectivity index (χ1v) is 6.47. The molecule has 2 rings (SSSR count). The largest absolute Gasteiger partial charge is 0.495 e. The number of amides is 1. The zero-order valence-electron chi connectivity index (χ0n) is 11.6. The van der Waals surface area contributed by atoms with Crippen molar-refractivity contribution in [2.24, 2.45) is 5.92 Å². The van der Waals surface area contributed by atoms with Gasteiger partial charge in [-0.05, 0) is 36.2 Å². The van der Waals surface area contributed by atoms with E-state index in [4.69, 9.17) is 4.74 Å². The fourth-order valence-electron chi connectivity index (χ4n) is 1.92. The van der Waals surface area contributed by atoms with E-state index in [9.17, 15) is 10.1 Å². The van der Waals surface area contributed by atoms with E-state index in [-0.39, 0.29) is 5.91 Å². The minimum atomic E-state index is -0.766. The van der Waals surface area contributed by atoms with Crippen LogP contribution in [-0.2, 0) is 11.2 Å². The molecule has 0 fully saturated rings. The predicted molar refractivity (Wildman–Crippen MR) is 78.7 cm³/mol. The maximum atomic E-state index is 12.2. The van der Waals surface area contributed by atoms with E-state index in [0.29, 0.717) is 17.9 Å². The van der Waals surface area contributed by atoms with Crippen molar-refractivity contribution in [3.8, 4) is 11.8 Å². The van der Waals surface area contributed by atoms with Gasteiger partial charge in [-0.3, -0.25) is 9.78 Å². The fraction of sp³-hybridized carbons (Fsp3) is 0.188. The van der Waals surface area contributed by atoms with Crippen LogP contribution >= 0.6 is 0 Å². The summed E-state index contributed by atoms with van der Waals surface area (Å²) < 4.78 is 5.17. The van der Waals surface area contributed by atoms with E-state index in [1.807, 2.05) is 12.1 Å². The Bertz CT molecular complexity index is 650. The van der Waals surface area contributed by atoms with Gasteiger partial charge in [0.05, 0.1) is 18.9 Å². The van der Waals surface area contributed by atoms with E-state index in [0.717, 1.165) is 5.56 Å². The molecular weight excluding hydrogens is 266 g/mol. The minimum absolute atomic E-state index is 0.347. The number of carbonyl (C=O) groups excluding carboxylic acids is 1. The second-order valence-electron chi connectivity index (χ2n) is 4.43. The molecule has 1 heterocycles. The first-order valence-electron chi connectivity index (χ1n) is 6.47. The van der Waals surface area contributed by atoms with E-state index in [2.05, 4.69) is 10.3 Å². The zero-order valence-corrected chi connectivity index (χ0v) is 11.6. The van der Waals surface area contributed by atoms with Crippen LogP contribution in [0.15, 0.2) is 48.8 Å². The van der Waals surface area contributed by atoms with Gasteiger partial charge in [0.15, 0.2) is 0 Å². The van der Waals surface area contributed by atoms with Gasteiger partial charge in [0.25, 0.3) is 0 Å². The van der Waals surface area contributed by atoms with Crippen molar-refractivity contribution < 1.29 is 9.53 Å². The van der Waals surface area contributed by atoms with Crippen molar-refractivity contribution in [2.75, 3.05) is 12.4 Å². The molecule has 0 aliphatic carbocycles. The Balaban J connectivity index is 2.09. The van der Waals surface area contributed by atoms with Gasteiger partial charge in [-0.15, -0.1) is 0 Å². The number of nitrogens with one attached hydrogen (secondary N) is 1. The van der Waals surface area contributed by atoms with Gasteiger partial charge in [0, 0.05) is 12.4 Å². The summed E-state index contributed by atoms with van der Waals surface area (Å²) in [6, 6.07) is 12.7. The molecule has 0 aliphatic rings. The van der Waals surface area contributed by atoms with Crippen LogP contribution in [0.5, 0.6) is 5.75 Å². The fourth-order valence-corrected chi connectivity index (χ4v) is 1.92. The lowest BCUT2D eigenvalue weighted by Crippen LogP contribution is -2.23. The van der Waals surface area contributed by atoms with E-state index in [1.54, 1.807) is 42.7 Å². The van der Waals surface area contributed by atoms with Crippen LogP contribution in [0.2, 0.25) is 0 Å². The SMILES string of the molecule is COc1ccccc1NC(=O)[C@H](C#N)Cc1ccncc1. The lowest BCUT2D eigenvalue weighted by molar-refractivity contribution is -0.118. The molecule has 0 saturated heterocycles. The highest BCUT2D eigenvalue weighted by atomic mass is 16.5. The molecule has 1 aromatic heterocycles. The Morgan fingerprint density at radius 3 is 2.71 bits per heavy atom. The molecule has 21 heavy (non-hydrogen) atoms. The first kappa shape index (κ1) is 14.5. The Morgan fingerprint density at radius 2 is 2.05 bits per heavy atom. The van der Waals surface area contributed by atoms with Gasteiger partial charge in [0.1, 0.15) is 11.7 Å². The highest BCUT2D eigenvalue weighted by Crippen LogP contribution is 2.23. The Morgan fingerprint density at radius 1 is 1.33 bits per heavy atom. The summed E-state index contributed by atoms with van der Waals surface area (Å²) >= 11 is 0. The quantitative estimate of drug-likeness (QED) is 0.913. The molecule has 106 valence electrons. The Hall–Kier alpha value is -2.87. The maximum Gasteiger partial charge on any atom is 0.242 e.